The van der Waals surface area contributed by atoms with Gasteiger partial charge in [0.05, 0.1) is 0 Å². The van der Waals surface area contributed by atoms with Crippen molar-refractivity contribution in [3.05, 3.63) is 34.3 Å². The molecule has 1 rings (SSSR count). The minimum atomic E-state index is -1.27. The van der Waals surface area contributed by atoms with E-state index in [4.69, 9.17) is 10.2 Å². The van der Waals surface area contributed by atoms with Gasteiger partial charge in [-0.25, -0.2) is 9.59 Å². The Morgan fingerprint density at radius 2 is 1.76 bits per heavy atom. The van der Waals surface area contributed by atoms with Gasteiger partial charge < -0.3 is 20.8 Å². The predicted octanol–water partition coefficient (Wildman–Crippen LogP) is 1.57. The summed E-state index contributed by atoms with van der Waals surface area (Å²) in [4.78, 5) is 32.9. The summed E-state index contributed by atoms with van der Waals surface area (Å²) < 4.78 is 0.912. The van der Waals surface area contributed by atoms with Gasteiger partial charge in [0.25, 0.3) is 0 Å². The van der Waals surface area contributed by atoms with E-state index in [1.54, 1.807) is 0 Å². The first-order valence-electron chi connectivity index (χ1n) is 6.12. The number of carbonyl (C=O) groups is 3. The third kappa shape index (κ3) is 6.75. The van der Waals surface area contributed by atoms with Crippen molar-refractivity contribution < 1.29 is 24.6 Å². The number of hydrogen-bond donors (Lipinski definition) is 4. The second-order valence-electron chi connectivity index (χ2n) is 4.28. The van der Waals surface area contributed by atoms with Crippen LogP contribution in [0.15, 0.2) is 28.7 Å². The number of carbonyl (C=O) groups excluding carboxylic acids is 1. The van der Waals surface area contributed by atoms with E-state index in [0.717, 1.165) is 10.0 Å². The Morgan fingerprint density at radius 1 is 1.14 bits per heavy atom. The molecule has 1 atom stereocenters. The molecule has 0 spiro atoms. The van der Waals surface area contributed by atoms with Gasteiger partial charge in [0, 0.05) is 17.4 Å². The lowest BCUT2D eigenvalue weighted by Gasteiger charge is -2.14. The number of nitrogens with one attached hydrogen (secondary N) is 2. The Kier molecular flexibility index (Phi) is 6.67. The van der Waals surface area contributed by atoms with Crippen LogP contribution in [0, 0.1) is 0 Å². The Bertz CT molecular complexity index is 518. The molecule has 0 fully saturated rings. The number of benzene rings is 1. The zero-order chi connectivity index (χ0) is 15.8. The lowest BCUT2D eigenvalue weighted by molar-refractivity contribution is -0.140. The summed E-state index contributed by atoms with van der Waals surface area (Å²) in [5.41, 5.74) is 0.853. The number of hydrogen-bond acceptors (Lipinski definition) is 3. The number of rotatable bonds is 7. The van der Waals surface area contributed by atoms with Crippen molar-refractivity contribution in [2.75, 3.05) is 0 Å². The van der Waals surface area contributed by atoms with Crippen molar-refractivity contribution in [1.82, 2.24) is 10.6 Å². The molecule has 0 aliphatic carbocycles. The van der Waals surface area contributed by atoms with Crippen LogP contribution in [-0.2, 0) is 16.1 Å². The van der Waals surface area contributed by atoms with Gasteiger partial charge in [0.15, 0.2) is 0 Å². The average molecular weight is 359 g/mol. The number of halogens is 1. The Hall–Kier alpha value is -2.09. The topological polar surface area (TPSA) is 116 Å². The van der Waals surface area contributed by atoms with Gasteiger partial charge in [0.2, 0.25) is 0 Å². The third-order valence-corrected chi connectivity index (χ3v) is 3.15. The molecule has 114 valence electrons. The lowest BCUT2D eigenvalue weighted by atomic mass is 10.1. The second kappa shape index (κ2) is 8.25. The van der Waals surface area contributed by atoms with E-state index < -0.39 is 24.0 Å². The standard InChI is InChI=1S/C13H15BrN2O5/c14-9-3-1-8(2-4-9)7-15-13(21)16-10(12(19)20)5-6-11(17)18/h1-4,10H,5-7H2,(H,17,18)(H,19,20)(H2,15,16,21). The monoisotopic (exact) mass is 358 g/mol. The van der Waals surface area contributed by atoms with Gasteiger partial charge in [0.1, 0.15) is 6.04 Å². The summed E-state index contributed by atoms with van der Waals surface area (Å²) in [7, 11) is 0. The zero-order valence-electron chi connectivity index (χ0n) is 11.0. The molecule has 2 amide bonds. The van der Waals surface area contributed by atoms with Crippen LogP contribution in [0.1, 0.15) is 18.4 Å². The van der Waals surface area contributed by atoms with Gasteiger partial charge in [-0.05, 0) is 24.1 Å². The normalized spacial score (nSPS) is 11.5. The van der Waals surface area contributed by atoms with Crippen LogP contribution >= 0.6 is 15.9 Å². The first-order chi connectivity index (χ1) is 9.88. The highest BCUT2D eigenvalue weighted by Crippen LogP contribution is 2.10. The van der Waals surface area contributed by atoms with Crippen LogP contribution in [-0.4, -0.2) is 34.2 Å². The Balaban J connectivity index is 2.44. The second-order valence-corrected chi connectivity index (χ2v) is 5.19. The smallest absolute Gasteiger partial charge is 0.326 e. The fourth-order valence-corrected chi connectivity index (χ4v) is 1.78. The molecule has 4 N–H and O–H groups in total. The zero-order valence-corrected chi connectivity index (χ0v) is 12.6. The van der Waals surface area contributed by atoms with Gasteiger partial charge >= 0.3 is 18.0 Å². The molecular formula is C13H15BrN2O5. The summed E-state index contributed by atoms with van der Waals surface area (Å²) in [5.74, 6) is -2.38. The maximum atomic E-state index is 11.6. The van der Waals surface area contributed by atoms with Gasteiger partial charge in [-0.15, -0.1) is 0 Å². The summed E-state index contributed by atoms with van der Waals surface area (Å²) in [6.45, 7) is 0.240. The van der Waals surface area contributed by atoms with Crippen molar-refractivity contribution in [3.8, 4) is 0 Å². The fraction of sp³-hybridized carbons (Fsp3) is 0.308. The Morgan fingerprint density at radius 3 is 2.29 bits per heavy atom. The number of amides is 2. The molecule has 0 aliphatic rings. The van der Waals surface area contributed by atoms with E-state index in [1.807, 2.05) is 24.3 Å². The molecule has 0 bridgehead atoms. The molecule has 7 nitrogen and oxygen atoms in total. The van der Waals surface area contributed by atoms with Gasteiger partial charge in [-0.2, -0.15) is 0 Å². The maximum Gasteiger partial charge on any atom is 0.326 e. The summed E-state index contributed by atoms with van der Waals surface area (Å²) >= 11 is 3.29. The number of carboxylic acid groups (broad SMARTS) is 2. The van der Waals surface area contributed by atoms with Crippen molar-refractivity contribution >= 4 is 33.9 Å². The SMILES string of the molecule is O=C(O)CCC(NC(=O)NCc1ccc(Br)cc1)C(=O)O. The van der Waals surface area contributed by atoms with Gasteiger partial charge in [-0.1, -0.05) is 28.1 Å². The fourth-order valence-electron chi connectivity index (χ4n) is 1.52. The summed E-state index contributed by atoms with van der Waals surface area (Å²) in [5, 5.41) is 22.2. The highest BCUT2D eigenvalue weighted by atomic mass is 79.9. The molecule has 1 aromatic carbocycles. The molecule has 21 heavy (non-hydrogen) atoms. The van der Waals surface area contributed by atoms with E-state index in [2.05, 4.69) is 26.6 Å². The quantitative estimate of drug-likeness (QED) is 0.590. The highest BCUT2D eigenvalue weighted by Gasteiger charge is 2.20. The molecule has 0 saturated carbocycles. The largest absolute Gasteiger partial charge is 0.481 e. The van der Waals surface area contributed by atoms with Crippen LogP contribution in [0.2, 0.25) is 0 Å². The first kappa shape index (κ1) is 17.0. The van der Waals surface area contributed by atoms with E-state index in [9.17, 15) is 14.4 Å². The number of carboxylic acids is 2. The molecule has 0 aromatic heterocycles. The molecule has 0 saturated heterocycles. The predicted molar refractivity (Wildman–Crippen MR) is 77.8 cm³/mol. The number of urea groups is 1. The van der Waals surface area contributed by atoms with Crippen LogP contribution in [0.25, 0.3) is 0 Å². The van der Waals surface area contributed by atoms with E-state index in [-0.39, 0.29) is 19.4 Å². The molecule has 0 radical (unpaired) electrons. The molecule has 1 unspecified atom stereocenters. The lowest BCUT2D eigenvalue weighted by Crippen LogP contribution is -2.45. The van der Waals surface area contributed by atoms with E-state index in [1.165, 1.54) is 0 Å². The molecule has 8 heteroatoms. The van der Waals surface area contributed by atoms with Crippen LogP contribution in [0.5, 0.6) is 0 Å². The summed E-state index contributed by atoms with van der Waals surface area (Å²) in [6.07, 6.45) is -0.500. The molecule has 1 aromatic rings. The van der Waals surface area contributed by atoms with Crippen molar-refractivity contribution in [1.29, 1.82) is 0 Å². The van der Waals surface area contributed by atoms with Crippen molar-refractivity contribution in [2.45, 2.75) is 25.4 Å². The van der Waals surface area contributed by atoms with Crippen LogP contribution in [0.4, 0.5) is 4.79 Å². The molecule has 0 aliphatic heterocycles. The number of aliphatic carboxylic acids is 2. The molecular weight excluding hydrogens is 344 g/mol. The van der Waals surface area contributed by atoms with Crippen LogP contribution in [0.3, 0.4) is 0 Å². The average Bonchev–Trinajstić information content (AvgIpc) is 2.42. The summed E-state index contributed by atoms with van der Waals surface area (Å²) in [6, 6.07) is 5.37. The minimum absolute atomic E-state index is 0.170. The van der Waals surface area contributed by atoms with Gasteiger partial charge in [-0.3, -0.25) is 4.79 Å². The molecule has 0 heterocycles. The van der Waals surface area contributed by atoms with Crippen molar-refractivity contribution in [3.63, 3.8) is 0 Å². The third-order valence-electron chi connectivity index (χ3n) is 2.62. The maximum absolute atomic E-state index is 11.6. The van der Waals surface area contributed by atoms with Crippen molar-refractivity contribution in [2.24, 2.45) is 0 Å². The minimum Gasteiger partial charge on any atom is -0.481 e. The first-order valence-corrected chi connectivity index (χ1v) is 6.91. The Labute approximate surface area is 129 Å². The van der Waals surface area contributed by atoms with Crippen LogP contribution < -0.4 is 10.6 Å². The van der Waals surface area contributed by atoms with E-state index in [0.29, 0.717) is 0 Å². The highest BCUT2D eigenvalue weighted by molar-refractivity contribution is 9.10. The van der Waals surface area contributed by atoms with E-state index >= 15 is 0 Å².